The topological polar surface area (TPSA) is 76.0 Å². The number of quaternary nitrogens is 1. The van der Waals surface area contributed by atoms with Crippen molar-refractivity contribution in [3.05, 3.63) is 83.9 Å². The van der Waals surface area contributed by atoms with Crippen molar-refractivity contribution in [2.24, 2.45) is 11.3 Å². The van der Waals surface area contributed by atoms with Crippen LogP contribution in [0, 0.1) is 11.3 Å². The van der Waals surface area contributed by atoms with E-state index in [1.54, 1.807) is 0 Å². The first-order valence-corrected chi connectivity index (χ1v) is 16.7. The highest BCUT2D eigenvalue weighted by Crippen LogP contribution is 2.66. The number of likely N-dealkylation sites (N-methyl/N-ethyl adjacent to an activating group) is 1. The molecule has 2 aromatic rings. The molecule has 41 heavy (non-hydrogen) atoms. The van der Waals surface area contributed by atoms with E-state index in [4.69, 9.17) is 9.05 Å². The molecule has 0 bridgehead atoms. The summed E-state index contributed by atoms with van der Waals surface area (Å²) < 4.78 is 23.0. The third-order valence-electron chi connectivity index (χ3n) is 8.81. The zero-order chi connectivity index (χ0) is 29.5. The highest BCUT2D eigenvalue weighted by Gasteiger charge is 2.56. The summed E-state index contributed by atoms with van der Waals surface area (Å²) in [6.07, 6.45) is 8.24. The van der Waals surface area contributed by atoms with Crippen molar-refractivity contribution < 1.29 is 28.1 Å². The van der Waals surface area contributed by atoms with Crippen LogP contribution in [0.15, 0.2) is 72.8 Å². The maximum atomic E-state index is 12.1. The molecule has 0 radical (unpaired) electrons. The minimum absolute atomic E-state index is 0.163. The third-order valence-corrected chi connectivity index (χ3v) is 9.83. The Morgan fingerprint density at radius 2 is 1.56 bits per heavy atom. The van der Waals surface area contributed by atoms with Gasteiger partial charge in [0.1, 0.15) is 13.2 Å². The highest BCUT2D eigenvalue weighted by molar-refractivity contribution is 7.47. The second-order valence-electron chi connectivity index (χ2n) is 12.7. The molecular formula is C34H49NO5P+. The Morgan fingerprint density at radius 1 is 0.951 bits per heavy atom. The van der Waals surface area contributed by atoms with Gasteiger partial charge in [-0.2, -0.15) is 0 Å². The molecule has 0 heterocycles. The quantitative estimate of drug-likeness (QED) is 0.122. The second kappa shape index (κ2) is 13.9. The summed E-state index contributed by atoms with van der Waals surface area (Å²) in [4.78, 5) is 9.89. The molecule has 0 spiro atoms. The summed E-state index contributed by atoms with van der Waals surface area (Å²) in [5.74, 6) is 0.163. The Bertz CT molecular complexity index is 1220. The minimum Gasteiger partial charge on any atom is -0.393 e. The molecule has 224 valence electrons. The summed E-state index contributed by atoms with van der Waals surface area (Å²) in [6.45, 7) is 5.72. The first-order valence-electron chi connectivity index (χ1n) is 15.2. The number of phosphoric ester groups is 1. The number of aliphatic hydroxyl groups is 1. The third kappa shape index (κ3) is 8.07. The molecule has 2 N–H and O–H groups in total. The normalized spacial score (nSPS) is 23.9. The van der Waals surface area contributed by atoms with Crippen molar-refractivity contribution in [2.75, 3.05) is 40.9 Å². The fourth-order valence-electron chi connectivity index (χ4n) is 6.73. The van der Waals surface area contributed by atoms with Gasteiger partial charge >= 0.3 is 7.82 Å². The largest absolute Gasteiger partial charge is 0.472 e. The van der Waals surface area contributed by atoms with Gasteiger partial charge in [-0.25, -0.2) is 4.57 Å². The van der Waals surface area contributed by atoms with E-state index in [1.165, 1.54) is 16.7 Å². The minimum atomic E-state index is -3.99. The molecule has 1 fully saturated rings. The van der Waals surface area contributed by atoms with E-state index < -0.39 is 7.82 Å². The molecule has 6 nitrogen and oxygen atoms in total. The zero-order valence-corrected chi connectivity index (χ0v) is 26.0. The fraction of sp³-hybridized carbons (Fsp3) is 0.529. The lowest BCUT2D eigenvalue weighted by atomic mass is 9.66. The van der Waals surface area contributed by atoms with Crippen molar-refractivity contribution in [1.82, 2.24) is 0 Å². The van der Waals surface area contributed by atoms with Crippen LogP contribution in [0.5, 0.6) is 0 Å². The lowest BCUT2D eigenvalue weighted by Gasteiger charge is -2.37. The number of rotatable bonds is 16. The molecule has 0 aromatic heterocycles. The van der Waals surface area contributed by atoms with E-state index in [0.717, 1.165) is 68.9 Å². The van der Waals surface area contributed by atoms with Gasteiger partial charge in [0, 0.05) is 11.3 Å². The van der Waals surface area contributed by atoms with Crippen LogP contribution in [0.2, 0.25) is 0 Å². The Morgan fingerprint density at radius 3 is 2.24 bits per heavy atom. The molecule has 7 heteroatoms. The number of aliphatic hydroxyl groups excluding tert-OH is 1. The average Bonchev–Trinajstić information content (AvgIpc) is 3.44. The van der Waals surface area contributed by atoms with Crippen LogP contribution in [-0.2, 0) is 13.6 Å². The van der Waals surface area contributed by atoms with Crippen LogP contribution in [0.4, 0.5) is 0 Å². The van der Waals surface area contributed by atoms with Crippen molar-refractivity contribution in [3.8, 4) is 0 Å². The number of benzene rings is 2. The predicted octanol–water partition coefficient (Wildman–Crippen LogP) is 7.50. The highest BCUT2D eigenvalue weighted by atomic mass is 31.2. The van der Waals surface area contributed by atoms with Gasteiger partial charge in [0.15, 0.2) is 0 Å². The van der Waals surface area contributed by atoms with Gasteiger partial charge in [0.2, 0.25) is 0 Å². The standard InChI is InChI=1S/C34H48NO5P/c1-27(28-16-11-8-12-17-28)34-22-21-32(36)31(34)26-30(33(34)29-18-13-9-14-19-29)20-10-6-5-7-15-24-39-41(37,38)40-25-23-35(2,3)4/h8-9,11-14,16-19,31-32,36H,1,5-7,10,15,20-26H2,2-4H3/p+1. The number of nitrogens with zero attached hydrogens (tertiary/aromatic N) is 1. The van der Waals surface area contributed by atoms with E-state index in [9.17, 15) is 14.6 Å². The van der Waals surface area contributed by atoms with E-state index >= 15 is 0 Å². The van der Waals surface area contributed by atoms with Gasteiger partial charge in [-0.05, 0) is 60.8 Å². The Kier molecular flexibility index (Phi) is 10.8. The van der Waals surface area contributed by atoms with E-state index in [0.29, 0.717) is 11.0 Å². The lowest BCUT2D eigenvalue weighted by molar-refractivity contribution is -0.870. The van der Waals surface area contributed by atoms with Gasteiger partial charge in [0.25, 0.3) is 0 Å². The first-order chi connectivity index (χ1) is 19.5. The van der Waals surface area contributed by atoms with Crippen LogP contribution in [0.1, 0.15) is 68.9 Å². The van der Waals surface area contributed by atoms with Gasteiger partial charge < -0.3 is 14.5 Å². The summed E-state index contributed by atoms with van der Waals surface area (Å²) in [5, 5.41) is 11.1. The summed E-state index contributed by atoms with van der Waals surface area (Å²) in [6, 6.07) is 21.2. The molecular weight excluding hydrogens is 533 g/mol. The van der Waals surface area contributed by atoms with E-state index in [2.05, 4.69) is 61.2 Å². The molecule has 0 aliphatic heterocycles. The number of fused-ring (bicyclic) bond motifs is 1. The second-order valence-corrected chi connectivity index (χ2v) is 14.2. The van der Waals surface area contributed by atoms with Gasteiger partial charge in [0.05, 0.1) is 33.9 Å². The Labute approximate surface area is 246 Å². The van der Waals surface area contributed by atoms with Crippen molar-refractivity contribution in [2.45, 2.75) is 63.9 Å². The molecule has 4 atom stereocenters. The van der Waals surface area contributed by atoms with Gasteiger partial charge in [-0.1, -0.05) is 92.1 Å². The Hall–Kier alpha value is -2.05. The van der Waals surface area contributed by atoms with Crippen molar-refractivity contribution >= 4 is 19.0 Å². The number of phosphoric acid groups is 1. The van der Waals surface area contributed by atoms with Gasteiger partial charge in [-0.15, -0.1) is 0 Å². The smallest absolute Gasteiger partial charge is 0.393 e. The summed E-state index contributed by atoms with van der Waals surface area (Å²) in [7, 11) is 2.03. The fourth-order valence-corrected chi connectivity index (χ4v) is 7.47. The number of allylic oxidation sites excluding steroid dienone is 3. The molecule has 2 aromatic carbocycles. The van der Waals surface area contributed by atoms with Crippen LogP contribution in [0.25, 0.3) is 11.1 Å². The van der Waals surface area contributed by atoms with Crippen molar-refractivity contribution in [3.63, 3.8) is 0 Å². The van der Waals surface area contributed by atoms with Crippen molar-refractivity contribution in [1.29, 1.82) is 0 Å². The van der Waals surface area contributed by atoms with Gasteiger partial charge in [-0.3, -0.25) is 9.05 Å². The molecule has 1 saturated carbocycles. The maximum absolute atomic E-state index is 12.1. The molecule has 4 rings (SSSR count). The number of unbranched alkanes of at least 4 members (excludes halogenated alkanes) is 4. The van der Waals surface area contributed by atoms with Crippen LogP contribution in [0.3, 0.4) is 0 Å². The van der Waals surface area contributed by atoms with Crippen LogP contribution in [-0.4, -0.2) is 61.5 Å². The summed E-state index contributed by atoms with van der Waals surface area (Å²) in [5.41, 5.74) is 6.18. The molecule has 0 saturated heterocycles. The van der Waals surface area contributed by atoms with E-state index in [1.807, 2.05) is 27.2 Å². The summed E-state index contributed by atoms with van der Waals surface area (Å²) >= 11 is 0. The maximum Gasteiger partial charge on any atom is 0.472 e. The molecule has 0 amide bonds. The Balaban J connectivity index is 1.34. The predicted molar refractivity (Wildman–Crippen MR) is 167 cm³/mol. The molecule has 2 aliphatic carbocycles. The first kappa shape index (κ1) is 31.9. The zero-order valence-electron chi connectivity index (χ0n) is 25.1. The average molecular weight is 583 g/mol. The van der Waals surface area contributed by atoms with Crippen LogP contribution < -0.4 is 0 Å². The van der Waals surface area contributed by atoms with Crippen LogP contribution >= 0.6 is 7.82 Å². The van der Waals surface area contributed by atoms with E-state index in [-0.39, 0.29) is 30.7 Å². The monoisotopic (exact) mass is 582 g/mol. The SMILES string of the molecule is C=C(c1ccccc1)C12CCC(O)C1CC(CCCCCCCOP(=O)(O)OCC[N+](C)(C)C)=C2c1ccccc1. The number of hydrogen-bond donors (Lipinski definition) is 2. The lowest BCUT2D eigenvalue weighted by Crippen LogP contribution is -2.37. The molecule has 2 aliphatic rings. The number of hydrogen-bond acceptors (Lipinski definition) is 4. The molecule has 4 unspecified atom stereocenters.